The summed E-state index contributed by atoms with van der Waals surface area (Å²) in [6.45, 7) is 0.639. The van der Waals surface area contributed by atoms with E-state index in [1.165, 1.54) is 32.1 Å². The Morgan fingerprint density at radius 2 is 1.73 bits per heavy atom. The van der Waals surface area contributed by atoms with Crippen molar-refractivity contribution in [3.63, 3.8) is 0 Å². The van der Waals surface area contributed by atoms with Gasteiger partial charge in [-0.15, -0.1) is 0 Å². The number of ether oxygens (including phenoxy) is 1. The molecule has 0 unspecified atom stereocenters. The van der Waals surface area contributed by atoms with E-state index in [4.69, 9.17) is 27.9 Å². The smallest absolute Gasteiger partial charge is 0.258 e. The molecule has 2 N–H and O–H groups in total. The highest BCUT2D eigenvalue weighted by Crippen LogP contribution is 2.28. The molecule has 2 rings (SSSR count). The summed E-state index contributed by atoms with van der Waals surface area (Å²) in [5.41, 5.74) is 0. The summed E-state index contributed by atoms with van der Waals surface area (Å²) in [6.07, 6.45) is 7.95. The molecule has 1 fully saturated rings. The van der Waals surface area contributed by atoms with Gasteiger partial charge < -0.3 is 15.4 Å². The van der Waals surface area contributed by atoms with Gasteiger partial charge in [-0.3, -0.25) is 9.59 Å². The molecule has 0 heterocycles. The molecule has 26 heavy (non-hydrogen) atoms. The molecule has 0 saturated heterocycles. The molecule has 0 spiro atoms. The Kier molecular flexibility index (Phi) is 9.06. The summed E-state index contributed by atoms with van der Waals surface area (Å²) >= 11 is 11.8. The average molecular weight is 401 g/mol. The molecule has 0 aromatic heterocycles. The zero-order chi connectivity index (χ0) is 18.8. The standard InChI is InChI=1S/C19H26Cl2N2O3/c20-15-7-8-17(16(21)12-15)26-13-19(25)23-11-10-22-18(24)9-6-14-4-2-1-3-5-14/h7-8,12,14H,1-6,9-11,13H2,(H,22,24)(H,23,25). The van der Waals surface area contributed by atoms with Gasteiger partial charge in [0, 0.05) is 24.5 Å². The number of nitrogens with one attached hydrogen (secondary N) is 2. The summed E-state index contributed by atoms with van der Waals surface area (Å²) < 4.78 is 5.35. The number of carbonyl (C=O) groups excluding carboxylic acids is 2. The van der Waals surface area contributed by atoms with Crippen LogP contribution in [0, 0.1) is 5.92 Å². The molecule has 0 aliphatic heterocycles. The van der Waals surface area contributed by atoms with Crippen LogP contribution in [0.5, 0.6) is 5.75 Å². The van der Waals surface area contributed by atoms with Crippen LogP contribution in [0.25, 0.3) is 0 Å². The second-order valence-electron chi connectivity index (χ2n) is 6.61. The minimum absolute atomic E-state index is 0.0500. The van der Waals surface area contributed by atoms with Crippen molar-refractivity contribution in [1.82, 2.24) is 10.6 Å². The fraction of sp³-hybridized carbons (Fsp3) is 0.579. The second kappa shape index (κ2) is 11.3. The van der Waals surface area contributed by atoms with Crippen LogP contribution >= 0.6 is 23.2 Å². The lowest BCUT2D eigenvalue weighted by Gasteiger charge is -2.20. The van der Waals surface area contributed by atoms with Crippen LogP contribution in [-0.4, -0.2) is 31.5 Å². The number of carbonyl (C=O) groups is 2. The normalized spacial score (nSPS) is 14.7. The molecule has 1 aromatic carbocycles. The zero-order valence-electron chi connectivity index (χ0n) is 14.9. The van der Waals surface area contributed by atoms with Crippen LogP contribution in [0.4, 0.5) is 0 Å². The summed E-state index contributed by atoms with van der Waals surface area (Å²) in [5, 5.41) is 6.40. The van der Waals surface area contributed by atoms with Crippen molar-refractivity contribution in [2.45, 2.75) is 44.9 Å². The number of amides is 2. The Morgan fingerprint density at radius 3 is 2.42 bits per heavy atom. The van der Waals surface area contributed by atoms with Crippen LogP contribution in [0.1, 0.15) is 44.9 Å². The zero-order valence-corrected chi connectivity index (χ0v) is 16.4. The van der Waals surface area contributed by atoms with E-state index in [2.05, 4.69) is 10.6 Å². The molecule has 0 bridgehead atoms. The van der Waals surface area contributed by atoms with E-state index in [1.807, 2.05) is 0 Å². The number of halogens is 2. The van der Waals surface area contributed by atoms with E-state index in [0.717, 1.165) is 6.42 Å². The van der Waals surface area contributed by atoms with E-state index in [1.54, 1.807) is 18.2 Å². The molecule has 5 nitrogen and oxygen atoms in total. The van der Waals surface area contributed by atoms with E-state index in [-0.39, 0.29) is 18.4 Å². The Labute approximate surface area is 164 Å². The van der Waals surface area contributed by atoms with Crippen LogP contribution in [0.2, 0.25) is 10.0 Å². The largest absolute Gasteiger partial charge is 0.482 e. The molecule has 144 valence electrons. The van der Waals surface area contributed by atoms with E-state index in [9.17, 15) is 9.59 Å². The van der Waals surface area contributed by atoms with Crippen LogP contribution in [0.3, 0.4) is 0 Å². The van der Waals surface area contributed by atoms with Gasteiger partial charge >= 0.3 is 0 Å². The van der Waals surface area contributed by atoms with Crippen molar-refractivity contribution in [2.75, 3.05) is 19.7 Å². The lowest BCUT2D eigenvalue weighted by Crippen LogP contribution is -2.36. The Balaban J connectivity index is 1.53. The highest BCUT2D eigenvalue weighted by Gasteiger charge is 2.14. The maximum Gasteiger partial charge on any atom is 0.258 e. The summed E-state index contributed by atoms with van der Waals surface area (Å²) in [6, 6.07) is 4.81. The van der Waals surface area contributed by atoms with Crippen molar-refractivity contribution < 1.29 is 14.3 Å². The SMILES string of the molecule is O=C(CCC1CCCCC1)NCCNC(=O)COc1ccc(Cl)cc1Cl. The van der Waals surface area contributed by atoms with Gasteiger partial charge in [0.25, 0.3) is 5.91 Å². The third-order valence-electron chi connectivity index (χ3n) is 4.53. The van der Waals surface area contributed by atoms with Gasteiger partial charge in [0.1, 0.15) is 5.75 Å². The molecule has 1 aromatic rings. The molecule has 0 radical (unpaired) electrons. The maximum absolute atomic E-state index is 11.8. The first-order valence-corrected chi connectivity index (χ1v) is 9.91. The highest BCUT2D eigenvalue weighted by molar-refractivity contribution is 6.35. The van der Waals surface area contributed by atoms with E-state index >= 15 is 0 Å². The van der Waals surface area contributed by atoms with Gasteiger partial charge in [0.2, 0.25) is 5.91 Å². The topological polar surface area (TPSA) is 67.4 Å². The first-order valence-electron chi connectivity index (χ1n) is 9.16. The van der Waals surface area contributed by atoms with Crippen molar-refractivity contribution in [3.05, 3.63) is 28.2 Å². The maximum atomic E-state index is 11.8. The number of benzene rings is 1. The average Bonchev–Trinajstić information content (AvgIpc) is 2.63. The van der Waals surface area contributed by atoms with E-state index < -0.39 is 0 Å². The third-order valence-corrected chi connectivity index (χ3v) is 5.06. The predicted molar refractivity (Wildman–Crippen MR) is 104 cm³/mol. The molecule has 7 heteroatoms. The quantitative estimate of drug-likeness (QED) is 0.616. The molecule has 1 aliphatic rings. The van der Waals surface area contributed by atoms with Crippen molar-refractivity contribution in [2.24, 2.45) is 5.92 Å². The molecule has 1 saturated carbocycles. The van der Waals surface area contributed by atoms with Gasteiger partial charge in [-0.05, 0) is 30.5 Å². The first kappa shape index (κ1) is 20.8. The second-order valence-corrected chi connectivity index (χ2v) is 7.45. The van der Waals surface area contributed by atoms with Gasteiger partial charge in [-0.2, -0.15) is 0 Å². The monoisotopic (exact) mass is 400 g/mol. The van der Waals surface area contributed by atoms with Gasteiger partial charge in [0.15, 0.2) is 6.61 Å². The van der Waals surface area contributed by atoms with Crippen molar-refractivity contribution in [1.29, 1.82) is 0 Å². The fourth-order valence-electron chi connectivity index (χ4n) is 3.09. The number of hydrogen-bond acceptors (Lipinski definition) is 3. The summed E-state index contributed by atoms with van der Waals surface area (Å²) in [7, 11) is 0. The molecular formula is C19H26Cl2N2O3. The Bertz CT molecular complexity index is 604. The highest BCUT2D eigenvalue weighted by atomic mass is 35.5. The Morgan fingerprint density at radius 1 is 1.04 bits per heavy atom. The number of rotatable bonds is 9. The van der Waals surface area contributed by atoms with Crippen molar-refractivity contribution in [3.8, 4) is 5.75 Å². The van der Waals surface area contributed by atoms with Crippen molar-refractivity contribution >= 4 is 35.0 Å². The van der Waals surface area contributed by atoms with E-state index in [0.29, 0.717) is 41.2 Å². The molecule has 2 amide bonds. The van der Waals surface area contributed by atoms with Gasteiger partial charge in [-0.25, -0.2) is 0 Å². The van der Waals surface area contributed by atoms with Crippen LogP contribution in [-0.2, 0) is 9.59 Å². The summed E-state index contributed by atoms with van der Waals surface area (Å²) in [4.78, 5) is 23.6. The minimum atomic E-state index is -0.271. The minimum Gasteiger partial charge on any atom is -0.482 e. The first-order chi connectivity index (χ1) is 12.5. The lowest BCUT2D eigenvalue weighted by atomic mass is 9.86. The van der Waals surface area contributed by atoms with Crippen LogP contribution in [0.15, 0.2) is 18.2 Å². The summed E-state index contributed by atoms with van der Waals surface area (Å²) in [5.74, 6) is 0.884. The number of hydrogen-bond donors (Lipinski definition) is 2. The predicted octanol–water partition coefficient (Wildman–Crippen LogP) is 3.97. The van der Waals surface area contributed by atoms with Crippen LogP contribution < -0.4 is 15.4 Å². The lowest BCUT2D eigenvalue weighted by molar-refractivity contribution is -0.124. The molecule has 1 aliphatic carbocycles. The third kappa shape index (κ3) is 7.83. The van der Waals surface area contributed by atoms with Gasteiger partial charge in [0.05, 0.1) is 5.02 Å². The van der Waals surface area contributed by atoms with Gasteiger partial charge in [-0.1, -0.05) is 55.3 Å². The Hall–Kier alpha value is -1.46. The fourth-order valence-corrected chi connectivity index (χ4v) is 3.55. The molecule has 0 atom stereocenters. The molecular weight excluding hydrogens is 375 g/mol.